The largest absolute Gasteiger partial charge is 0.333 e. The summed E-state index contributed by atoms with van der Waals surface area (Å²) in [6.45, 7) is 4.04. The summed E-state index contributed by atoms with van der Waals surface area (Å²) in [5, 5.41) is 5.76. The molecule has 30 heavy (non-hydrogen) atoms. The number of thiophene rings is 1. The van der Waals surface area contributed by atoms with Gasteiger partial charge in [-0.15, -0.1) is 11.3 Å². The van der Waals surface area contributed by atoms with Crippen molar-refractivity contribution in [2.45, 2.75) is 25.2 Å². The van der Waals surface area contributed by atoms with E-state index in [2.05, 4.69) is 17.1 Å². The van der Waals surface area contributed by atoms with Crippen molar-refractivity contribution in [2.75, 3.05) is 11.4 Å². The number of hydrogen-bond acceptors (Lipinski definition) is 6. The predicted molar refractivity (Wildman–Crippen MR) is 119 cm³/mol. The first kappa shape index (κ1) is 20.3. The number of anilines is 1. The normalized spacial score (nSPS) is 11.6. The Labute approximate surface area is 179 Å². The van der Waals surface area contributed by atoms with Crippen LogP contribution in [0.5, 0.6) is 0 Å². The molecule has 2 aromatic carbocycles. The zero-order valence-electron chi connectivity index (χ0n) is 16.9. The number of rotatable bonds is 6. The Morgan fingerprint density at radius 3 is 2.57 bits per heavy atom. The van der Waals surface area contributed by atoms with Gasteiger partial charge in [-0.05, 0) is 48.6 Å². The maximum Gasteiger partial charge on any atom is 0.269 e. The van der Waals surface area contributed by atoms with Gasteiger partial charge in [0.1, 0.15) is 9.77 Å². The van der Waals surface area contributed by atoms with Crippen molar-refractivity contribution in [3.63, 3.8) is 0 Å². The van der Waals surface area contributed by atoms with Crippen LogP contribution in [0.15, 0.2) is 69.4 Å². The van der Waals surface area contributed by atoms with E-state index in [0.717, 1.165) is 23.1 Å². The minimum atomic E-state index is -3.79. The lowest BCUT2D eigenvalue weighted by molar-refractivity contribution is 0.432. The first-order valence-electron chi connectivity index (χ1n) is 9.46. The van der Waals surface area contributed by atoms with Gasteiger partial charge in [-0.2, -0.15) is 4.98 Å². The molecule has 4 aromatic rings. The second kappa shape index (κ2) is 8.04. The van der Waals surface area contributed by atoms with Gasteiger partial charge in [-0.1, -0.05) is 48.0 Å². The van der Waals surface area contributed by atoms with Crippen LogP contribution in [0, 0.1) is 6.92 Å². The molecule has 0 amide bonds. The van der Waals surface area contributed by atoms with Crippen LogP contribution < -0.4 is 4.31 Å². The van der Waals surface area contributed by atoms with E-state index in [1.807, 2.05) is 55.5 Å². The Morgan fingerprint density at radius 1 is 1.10 bits per heavy atom. The van der Waals surface area contributed by atoms with Crippen LogP contribution in [0.25, 0.3) is 22.2 Å². The maximum atomic E-state index is 13.3. The fourth-order valence-corrected chi connectivity index (χ4v) is 5.61. The number of aryl methyl sites for hydroxylation is 2. The number of hydrogen-bond donors (Lipinski definition) is 0. The van der Waals surface area contributed by atoms with Crippen molar-refractivity contribution >= 4 is 27.0 Å². The van der Waals surface area contributed by atoms with Crippen LogP contribution in [-0.4, -0.2) is 25.6 Å². The third-order valence-electron chi connectivity index (χ3n) is 4.87. The second-order valence-electron chi connectivity index (χ2n) is 6.90. The summed E-state index contributed by atoms with van der Waals surface area (Å²) in [5.74, 6) is 0.615. The fourth-order valence-electron chi connectivity index (χ4n) is 3.10. The third-order valence-corrected chi connectivity index (χ3v) is 7.73. The van der Waals surface area contributed by atoms with Crippen molar-refractivity contribution in [1.29, 1.82) is 0 Å². The van der Waals surface area contributed by atoms with Gasteiger partial charge >= 0.3 is 0 Å². The average molecular weight is 440 g/mol. The van der Waals surface area contributed by atoms with E-state index < -0.39 is 10.0 Å². The highest BCUT2D eigenvalue weighted by Crippen LogP contribution is 2.35. The molecule has 0 atom stereocenters. The van der Waals surface area contributed by atoms with Crippen LogP contribution in [0.4, 0.5) is 5.69 Å². The Balaban J connectivity index is 1.69. The lowest BCUT2D eigenvalue weighted by Gasteiger charge is -2.19. The van der Waals surface area contributed by atoms with Crippen LogP contribution in [0.2, 0.25) is 0 Å². The Bertz CT molecular complexity index is 1270. The molecule has 8 heteroatoms. The lowest BCUT2D eigenvalue weighted by atomic mass is 10.1. The number of nitrogens with zero attached hydrogens (tertiary/aromatic N) is 3. The van der Waals surface area contributed by atoms with Gasteiger partial charge in [0.15, 0.2) is 0 Å². The number of aromatic nitrogens is 2. The van der Waals surface area contributed by atoms with Crippen LogP contribution in [0.3, 0.4) is 0 Å². The van der Waals surface area contributed by atoms with Gasteiger partial charge in [0.25, 0.3) is 15.9 Å². The topological polar surface area (TPSA) is 76.3 Å². The molecule has 0 unspecified atom stereocenters. The summed E-state index contributed by atoms with van der Waals surface area (Å²) >= 11 is 1.26. The number of benzene rings is 2. The molecular formula is C22H21N3O3S2. The first-order chi connectivity index (χ1) is 14.4. The minimum Gasteiger partial charge on any atom is -0.333 e. The number of sulfonamides is 1. The lowest BCUT2D eigenvalue weighted by Crippen LogP contribution is -2.26. The van der Waals surface area contributed by atoms with E-state index in [1.165, 1.54) is 15.6 Å². The Kier molecular flexibility index (Phi) is 5.44. The van der Waals surface area contributed by atoms with E-state index in [1.54, 1.807) is 18.5 Å². The molecule has 0 saturated heterocycles. The van der Waals surface area contributed by atoms with Crippen molar-refractivity contribution in [3.8, 4) is 22.2 Å². The molecule has 6 nitrogen and oxygen atoms in total. The summed E-state index contributed by atoms with van der Waals surface area (Å²) in [6, 6.07) is 16.8. The predicted octanol–water partition coefficient (Wildman–Crippen LogP) is 5.16. The highest BCUT2D eigenvalue weighted by atomic mass is 32.2. The molecule has 0 N–H and O–H groups in total. The molecule has 0 aliphatic heterocycles. The molecule has 0 saturated carbocycles. The standard InChI is InChI=1S/C22H21N3O3S2/c1-4-16-8-10-18(11-9-16)25(3)30(26,27)19-12-13-29-20(19)22-23-21(24-28-22)17-7-5-6-15(2)14-17/h5-14H,4H2,1-3H3. The second-order valence-corrected chi connectivity index (χ2v) is 9.75. The molecule has 2 heterocycles. The van der Waals surface area contributed by atoms with Crippen LogP contribution >= 0.6 is 11.3 Å². The molecule has 4 rings (SSSR count). The molecule has 0 aliphatic rings. The minimum absolute atomic E-state index is 0.147. The Morgan fingerprint density at radius 2 is 1.87 bits per heavy atom. The van der Waals surface area contributed by atoms with Crippen LogP contribution in [-0.2, 0) is 16.4 Å². The molecular weight excluding hydrogens is 418 g/mol. The van der Waals surface area contributed by atoms with Gasteiger partial charge in [0.05, 0.1) is 5.69 Å². The van der Waals surface area contributed by atoms with Gasteiger partial charge in [-0.25, -0.2) is 8.42 Å². The van der Waals surface area contributed by atoms with Gasteiger partial charge in [0, 0.05) is 12.6 Å². The van der Waals surface area contributed by atoms with Gasteiger partial charge < -0.3 is 4.52 Å². The van der Waals surface area contributed by atoms with Crippen molar-refractivity contribution < 1.29 is 12.9 Å². The summed E-state index contributed by atoms with van der Waals surface area (Å²) in [6.07, 6.45) is 0.895. The van der Waals surface area contributed by atoms with Gasteiger partial charge in [0.2, 0.25) is 5.82 Å². The zero-order valence-corrected chi connectivity index (χ0v) is 18.5. The molecule has 0 aliphatic carbocycles. The fraction of sp³-hybridized carbons (Fsp3) is 0.182. The highest BCUT2D eigenvalue weighted by Gasteiger charge is 2.28. The smallest absolute Gasteiger partial charge is 0.269 e. The molecule has 0 fully saturated rings. The van der Waals surface area contributed by atoms with Crippen LogP contribution in [0.1, 0.15) is 18.1 Å². The third kappa shape index (κ3) is 3.76. The summed E-state index contributed by atoms with van der Waals surface area (Å²) < 4.78 is 33.3. The van der Waals surface area contributed by atoms with E-state index in [0.29, 0.717) is 16.4 Å². The monoisotopic (exact) mass is 439 g/mol. The quantitative estimate of drug-likeness (QED) is 0.415. The highest BCUT2D eigenvalue weighted by molar-refractivity contribution is 7.93. The van der Waals surface area contributed by atoms with Crippen molar-refractivity contribution in [1.82, 2.24) is 10.1 Å². The maximum absolute atomic E-state index is 13.3. The van der Waals surface area contributed by atoms with Gasteiger partial charge in [-0.3, -0.25) is 4.31 Å². The average Bonchev–Trinajstić information content (AvgIpc) is 3.43. The molecule has 0 bridgehead atoms. The molecule has 0 spiro atoms. The van der Waals surface area contributed by atoms with E-state index in [-0.39, 0.29) is 10.8 Å². The SMILES string of the molecule is CCc1ccc(N(C)S(=O)(=O)c2ccsc2-c2nc(-c3cccc(C)c3)no2)cc1. The van der Waals surface area contributed by atoms with E-state index in [4.69, 9.17) is 4.52 Å². The Hall–Kier alpha value is -2.97. The van der Waals surface area contributed by atoms with E-state index in [9.17, 15) is 8.42 Å². The summed E-state index contributed by atoms with van der Waals surface area (Å²) in [5.41, 5.74) is 3.64. The van der Waals surface area contributed by atoms with E-state index >= 15 is 0 Å². The summed E-state index contributed by atoms with van der Waals surface area (Å²) in [4.78, 5) is 5.02. The molecule has 154 valence electrons. The summed E-state index contributed by atoms with van der Waals surface area (Å²) in [7, 11) is -2.25. The first-order valence-corrected chi connectivity index (χ1v) is 11.8. The van der Waals surface area contributed by atoms with Crippen molar-refractivity contribution in [2.24, 2.45) is 0 Å². The molecule has 0 radical (unpaired) electrons. The van der Waals surface area contributed by atoms with Crippen molar-refractivity contribution in [3.05, 3.63) is 71.1 Å². The zero-order chi connectivity index (χ0) is 21.3. The molecule has 2 aromatic heterocycles.